The molecule has 0 aromatic carbocycles. The van der Waals surface area contributed by atoms with Crippen molar-refractivity contribution in [1.82, 2.24) is 20.4 Å². The summed E-state index contributed by atoms with van der Waals surface area (Å²) in [6.45, 7) is 4.94. The smallest absolute Gasteiger partial charge is 0.335 e. The van der Waals surface area contributed by atoms with Gasteiger partial charge in [0.15, 0.2) is 0 Å². The van der Waals surface area contributed by atoms with Gasteiger partial charge in [-0.2, -0.15) is 0 Å². The summed E-state index contributed by atoms with van der Waals surface area (Å²) in [6.07, 6.45) is 1.33. The number of imide groups is 2. The second-order valence-corrected chi connectivity index (χ2v) is 4.47. The highest BCUT2D eigenvalue weighted by Gasteiger charge is 2.44. The maximum absolute atomic E-state index is 11.9. The Kier molecular flexibility index (Phi) is 7.20. The fourth-order valence-corrected chi connectivity index (χ4v) is 1.77. The first kappa shape index (κ1) is 17.8. The van der Waals surface area contributed by atoms with Crippen molar-refractivity contribution in [3.63, 3.8) is 0 Å². The first-order valence-electron chi connectivity index (χ1n) is 6.77. The Morgan fingerprint density at radius 3 is 2.50 bits per heavy atom. The molecule has 1 saturated heterocycles. The Morgan fingerprint density at radius 2 is 1.86 bits per heavy atom. The third kappa shape index (κ3) is 4.64. The molecule has 0 aromatic rings. The standard InChI is InChI=1S/C13H20N4O5/c1-3-7-16-11(19)12(20)17(13(16)21)9-10(18)15-5-4-14-6-8-22-2/h3,14H,1,4-9H2,2H3,(H,15,18). The molecule has 0 saturated carbocycles. The lowest BCUT2D eigenvalue weighted by atomic mass is 10.4. The summed E-state index contributed by atoms with van der Waals surface area (Å²) in [7, 11) is 1.59. The van der Waals surface area contributed by atoms with Gasteiger partial charge in [0.1, 0.15) is 6.54 Å². The Labute approximate surface area is 128 Å². The van der Waals surface area contributed by atoms with E-state index in [-0.39, 0.29) is 6.54 Å². The monoisotopic (exact) mass is 312 g/mol. The van der Waals surface area contributed by atoms with E-state index in [0.29, 0.717) is 31.1 Å². The maximum atomic E-state index is 11.9. The van der Waals surface area contributed by atoms with Crippen molar-refractivity contribution in [2.45, 2.75) is 0 Å². The molecule has 0 aromatic heterocycles. The molecule has 0 radical (unpaired) electrons. The van der Waals surface area contributed by atoms with E-state index in [2.05, 4.69) is 17.2 Å². The second kappa shape index (κ2) is 8.90. The van der Waals surface area contributed by atoms with Crippen LogP contribution >= 0.6 is 0 Å². The molecule has 1 fully saturated rings. The molecule has 22 heavy (non-hydrogen) atoms. The minimum absolute atomic E-state index is 0.0645. The number of hydrogen-bond acceptors (Lipinski definition) is 6. The largest absolute Gasteiger partial charge is 0.383 e. The zero-order chi connectivity index (χ0) is 16.5. The van der Waals surface area contributed by atoms with Crippen LogP contribution in [0, 0.1) is 0 Å². The normalized spacial score (nSPS) is 14.7. The van der Waals surface area contributed by atoms with Gasteiger partial charge in [0, 0.05) is 33.3 Å². The minimum atomic E-state index is -1.000. The van der Waals surface area contributed by atoms with Crippen molar-refractivity contribution in [2.24, 2.45) is 0 Å². The molecule has 1 rings (SSSR count). The molecule has 0 bridgehead atoms. The molecule has 0 unspecified atom stereocenters. The summed E-state index contributed by atoms with van der Waals surface area (Å²) in [5, 5.41) is 5.57. The minimum Gasteiger partial charge on any atom is -0.383 e. The Balaban J connectivity index is 2.38. The average molecular weight is 312 g/mol. The van der Waals surface area contributed by atoms with Crippen molar-refractivity contribution in [1.29, 1.82) is 0 Å². The first-order chi connectivity index (χ1) is 10.5. The summed E-state index contributed by atoms with van der Waals surface area (Å²) < 4.78 is 4.85. The van der Waals surface area contributed by atoms with E-state index in [9.17, 15) is 19.2 Å². The van der Waals surface area contributed by atoms with E-state index in [4.69, 9.17) is 4.74 Å². The molecule has 2 N–H and O–H groups in total. The van der Waals surface area contributed by atoms with Gasteiger partial charge in [-0.15, -0.1) is 6.58 Å². The van der Waals surface area contributed by atoms with Crippen LogP contribution in [0.4, 0.5) is 4.79 Å². The number of rotatable bonds is 10. The van der Waals surface area contributed by atoms with Gasteiger partial charge >= 0.3 is 17.8 Å². The van der Waals surface area contributed by atoms with Gasteiger partial charge in [-0.3, -0.25) is 19.3 Å². The molecular weight excluding hydrogens is 292 g/mol. The van der Waals surface area contributed by atoms with Crippen LogP contribution < -0.4 is 10.6 Å². The summed E-state index contributed by atoms with van der Waals surface area (Å²) in [5.74, 6) is -2.46. The van der Waals surface area contributed by atoms with E-state index in [0.717, 1.165) is 4.90 Å². The van der Waals surface area contributed by atoms with Gasteiger partial charge in [-0.1, -0.05) is 6.08 Å². The van der Waals surface area contributed by atoms with E-state index in [1.807, 2.05) is 0 Å². The highest BCUT2D eigenvalue weighted by atomic mass is 16.5. The summed E-state index contributed by atoms with van der Waals surface area (Å²) in [6, 6.07) is -0.803. The quantitative estimate of drug-likeness (QED) is 0.216. The second-order valence-electron chi connectivity index (χ2n) is 4.47. The molecule has 1 heterocycles. The summed E-state index contributed by atoms with van der Waals surface area (Å²) in [4.78, 5) is 48.1. The Hall–Kier alpha value is -2.26. The van der Waals surface area contributed by atoms with Crippen molar-refractivity contribution >= 4 is 23.8 Å². The van der Waals surface area contributed by atoms with Gasteiger partial charge in [0.25, 0.3) is 0 Å². The number of carbonyl (C=O) groups excluding carboxylic acids is 4. The molecule has 1 aliphatic heterocycles. The van der Waals surface area contributed by atoms with E-state index < -0.39 is 30.3 Å². The number of ether oxygens (including phenoxy) is 1. The predicted molar refractivity (Wildman–Crippen MR) is 76.8 cm³/mol. The summed E-state index contributed by atoms with van der Waals surface area (Å²) in [5.41, 5.74) is 0. The zero-order valence-corrected chi connectivity index (χ0v) is 12.5. The van der Waals surface area contributed by atoms with Crippen LogP contribution in [-0.2, 0) is 19.1 Å². The molecule has 0 atom stereocenters. The number of nitrogens with one attached hydrogen (secondary N) is 2. The lowest BCUT2D eigenvalue weighted by Gasteiger charge is -2.14. The van der Waals surface area contributed by atoms with Gasteiger partial charge in [0.2, 0.25) is 5.91 Å². The fraction of sp³-hybridized carbons (Fsp3) is 0.538. The topological polar surface area (TPSA) is 108 Å². The Bertz CT molecular complexity index is 465. The highest BCUT2D eigenvalue weighted by molar-refractivity contribution is 6.45. The van der Waals surface area contributed by atoms with Gasteiger partial charge in [0.05, 0.1) is 6.61 Å². The van der Waals surface area contributed by atoms with Crippen LogP contribution in [0.1, 0.15) is 0 Å². The van der Waals surface area contributed by atoms with Crippen LogP contribution in [0.2, 0.25) is 0 Å². The van der Waals surface area contributed by atoms with E-state index in [1.54, 1.807) is 7.11 Å². The van der Waals surface area contributed by atoms with Crippen LogP contribution in [0.3, 0.4) is 0 Å². The zero-order valence-electron chi connectivity index (χ0n) is 12.5. The van der Waals surface area contributed by atoms with E-state index in [1.165, 1.54) is 6.08 Å². The third-order valence-corrected chi connectivity index (χ3v) is 2.86. The lowest BCUT2D eigenvalue weighted by Crippen LogP contribution is -2.43. The number of amides is 5. The van der Waals surface area contributed by atoms with Gasteiger partial charge < -0.3 is 15.4 Å². The molecule has 9 nitrogen and oxygen atoms in total. The SMILES string of the molecule is C=CCN1C(=O)C(=O)N(CC(=O)NCCNCCOC)C1=O. The number of hydrogen-bond donors (Lipinski definition) is 2. The summed E-state index contributed by atoms with van der Waals surface area (Å²) >= 11 is 0. The molecule has 122 valence electrons. The third-order valence-electron chi connectivity index (χ3n) is 2.86. The molecule has 0 aliphatic carbocycles. The maximum Gasteiger partial charge on any atom is 0.335 e. The molecule has 0 spiro atoms. The fourth-order valence-electron chi connectivity index (χ4n) is 1.77. The number of methoxy groups -OCH3 is 1. The molecule has 5 amide bonds. The predicted octanol–water partition coefficient (Wildman–Crippen LogP) is -1.68. The Morgan fingerprint density at radius 1 is 1.18 bits per heavy atom. The number of urea groups is 1. The van der Waals surface area contributed by atoms with Crippen molar-refractivity contribution in [3.05, 3.63) is 12.7 Å². The van der Waals surface area contributed by atoms with Gasteiger partial charge in [-0.25, -0.2) is 9.69 Å². The average Bonchev–Trinajstić information content (AvgIpc) is 2.69. The highest BCUT2D eigenvalue weighted by Crippen LogP contribution is 2.11. The van der Waals surface area contributed by atoms with Gasteiger partial charge in [-0.05, 0) is 0 Å². The first-order valence-corrected chi connectivity index (χ1v) is 6.77. The van der Waals surface area contributed by atoms with Crippen LogP contribution in [0.15, 0.2) is 12.7 Å². The molecular formula is C13H20N4O5. The van der Waals surface area contributed by atoms with Crippen LogP contribution in [-0.4, -0.2) is 80.0 Å². The van der Waals surface area contributed by atoms with Crippen LogP contribution in [0.25, 0.3) is 0 Å². The van der Waals surface area contributed by atoms with Crippen molar-refractivity contribution in [2.75, 3.05) is 46.4 Å². The van der Waals surface area contributed by atoms with Crippen molar-refractivity contribution in [3.8, 4) is 0 Å². The lowest BCUT2D eigenvalue weighted by molar-refractivity contribution is -0.143. The number of carbonyl (C=O) groups is 4. The molecule has 1 aliphatic rings. The number of nitrogens with zero attached hydrogens (tertiary/aromatic N) is 2. The van der Waals surface area contributed by atoms with E-state index >= 15 is 0 Å². The molecule has 9 heteroatoms. The van der Waals surface area contributed by atoms with Crippen molar-refractivity contribution < 1.29 is 23.9 Å². The van der Waals surface area contributed by atoms with Crippen LogP contribution in [0.5, 0.6) is 0 Å².